The van der Waals surface area contributed by atoms with Gasteiger partial charge in [-0.05, 0) is 46.2 Å². The first kappa shape index (κ1) is 13.3. The molecule has 1 N–H and O–H groups in total. The fourth-order valence-corrected chi connectivity index (χ4v) is 3.02. The molecule has 1 heterocycles. The Morgan fingerprint density at radius 3 is 2.76 bits per heavy atom. The standard InChI is InChI=1S/C14H28N2O/c1-14(2)12-16(9-5-8-15-14)10-11-17-13-6-3-4-7-13/h13,15H,3-12H2,1-2H3. The summed E-state index contributed by atoms with van der Waals surface area (Å²) in [5, 5.41) is 3.60. The van der Waals surface area contributed by atoms with E-state index in [1.807, 2.05) is 0 Å². The molecule has 0 spiro atoms. The molecular formula is C14H28N2O. The summed E-state index contributed by atoms with van der Waals surface area (Å²) in [7, 11) is 0. The highest BCUT2D eigenvalue weighted by Crippen LogP contribution is 2.20. The van der Waals surface area contributed by atoms with Gasteiger partial charge in [-0.1, -0.05) is 12.8 Å². The third-order valence-electron chi connectivity index (χ3n) is 3.94. The first-order chi connectivity index (χ1) is 8.16. The molecule has 0 aromatic rings. The average molecular weight is 240 g/mol. The number of hydrogen-bond donors (Lipinski definition) is 1. The molecule has 3 heteroatoms. The van der Waals surface area contributed by atoms with Crippen LogP contribution in [0.5, 0.6) is 0 Å². The first-order valence-corrected chi connectivity index (χ1v) is 7.25. The van der Waals surface area contributed by atoms with Gasteiger partial charge in [-0.25, -0.2) is 0 Å². The summed E-state index contributed by atoms with van der Waals surface area (Å²) in [6.07, 6.45) is 7.12. The van der Waals surface area contributed by atoms with Crippen molar-refractivity contribution in [2.75, 3.05) is 32.8 Å². The second-order valence-corrected chi connectivity index (χ2v) is 6.22. The lowest BCUT2D eigenvalue weighted by Crippen LogP contribution is -2.47. The van der Waals surface area contributed by atoms with Gasteiger partial charge in [0.1, 0.15) is 0 Å². The third kappa shape index (κ3) is 4.57. The van der Waals surface area contributed by atoms with E-state index in [4.69, 9.17) is 4.74 Å². The Kier molecular flexibility index (Phi) is 4.83. The van der Waals surface area contributed by atoms with Crippen molar-refractivity contribution in [2.24, 2.45) is 0 Å². The van der Waals surface area contributed by atoms with Crippen LogP contribution in [0.25, 0.3) is 0 Å². The minimum Gasteiger partial charge on any atom is -0.377 e. The summed E-state index contributed by atoms with van der Waals surface area (Å²) in [5.74, 6) is 0. The van der Waals surface area contributed by atoms with E-state index in [0.29, 0.717) is 6.10 Å². The molecule has 100 valence electrons. The first-order valence-electron chi connectivity index (χ1n) is 7.25. The molecule has 0 aromatic heterocycles. The van der Waals surface area contributed by atoms with Crippen LogP contribution in [0.15, 0.2) is 0 Å². The lowest BCUT2D eigenvalue weighted by Gasteiger charge is -2.30. The van der Waals surface area contributed by atoms with Crippen LogP contribution in [0.1, 0.15) is 46.0 Å². The summed E-state index contributed by atoms with van der Waals surface area (Å²) in [4.78, 5) is 2.55. The molecule has 1 aliphatic heterocycles. The Morgan fingerprint density at radius 1 is 1.24 bits per heavy atom. The molecule has 1 saturated carbocycles. The van der Waals surface area contributed by atoms with Crippen LogP contribution in [0.4, 0.5) is 0 Å². The van der Waals surface area contributed by atoms with Crippen molar-refractivity contribution in [1.29, 1.82) is 0 Å². The zero-order valence-corrected chi connectivity index (χ0v) is 11.5. The van der Waals surface area contributed by atoms with Crippen LogP contribution in [0.2, 0.25) is 0 Å². The summed E-state index contributed by atoms with van der Waals surface area (Å²) in [6, 6.07) is 0. The molecule has 0 amide bonds. The monoisotopic (exact) mass is 240 g/mol. The minimum atomic E-state index is 0.254. The molecule has 2 fully saturated rings. The zero-order chi connectivity index (χ0) is 12.1. The maximum atomic E-state index is 5.95. The fraction of sp³-hybridized carbons (Fsp3) is 1.00. The van der Waals surface area contributed by atoms with Crippen molar-refractivity contribution < 1.29 is 4.74 Å². The Labute approximate surface area is 106 Å². The molecule has 1 saturated heterocycles. The van der Waals surface area contributed by atoms with Crippen LogP contribution in [-0.4, -0.2) is 49.3 Å². The molecule has 0 atom stereocenters. The predicted molar refractivity (Wildman–Crippen MR) is 71.3 cm³/mol. The van der Waals surface area contributed by atoms with Crippen LogP contribution in [-0.2, 0) is 4.74 Å². The molecule has 0 aromatic carbocycles. The second kappa shape index (κ2) is 6.17. The van der Waals surface area contributed by atoms with Gasteiger partial charge >= 0.3 is 0 Å². The Hall–Kier alpha value is -0.120. The van der Waals surface area contributed by atoms with Crippen molar-refractivity contribution in [3.05, 3.63) is 0 Å². The molecule has 0 radical (unpaired) electrons. The van der Waals surface area contributed by atoms with E-state index in [9.17, 15) is 0 Å². The normalized spacial score (nSPS) is 27.2. The number of hydrogen-bond acceptors (Lipinski definition) is 3. The van der Waals surface area contributed by atoms with E-state index in [1.165, 1.54) is 38.6 Å². The maximum Gasteiger partial charge on any atom is 0.0597 e. The third-order valence-corrected chi connectivity index (χ3v) is 3.94. The van der Waals surface area contributed by atoms with Gasteiger partial charge in [0.25, 0.3) is 0 Å². The van der Waals surface area contributed by atoms with E-state index in [0.717, 1.165) is 26.2 Å². The maximum absolute atomic E-state index is 5.95. The van der Waals surface area contributed by atoms with Crippen LogP contribution in [0, 0.1) is 0 Å². The lowest BCUT2D eigenvalue weighted by molar-refractivity contribution is 0.0398. The molecule has 2 aliphatic rings. The largest absolute Gasteiger partial charge is 0.377 e. The van der Waals surface area contributed by atoms with Gasteiger partial charge in [0, 0.05) is 18.6 Å². The van der Waals surface area contributed by atoms with Crippen molar-refractivity contribution in [3.8, 4) is 0 Å². The van der Waals surface area contributed by atoms with Crippen molar-refractivity contribution in [1.82, 2.24) is 10.2 Å². The van der Waals surface area contributed by atoms with Gasteiger partial charge in [0.15, 0.2) is 0 Å². The predicted octanol–water partition coefficient (Wildman–Crippen LogP) is 2.02. The van der Waals surface area contributed by atoms with Crippen molar-refractivity contribution >= 4 is 0 Å². The van der Waals surface area contributed by atoms with Crippen molar-refractivity contribution in [3.63, 3.8) is 0 Å². The highest BCUT2D eigenvalue weighted by molar-refractivity contribution is 4.84. The number of ether oxygens (including phenoxy) is 1. The minimum absolute atomic E-state index is 0.254. The Balaban J connectivity index is 1.66. The van der Waals surface area contributed by atoms with Gasteiger partial charge in [-0.3, -0.25) is 4.90 Å². The lowest BCUT2D eigenvalue weighted by atomic mass is 10.1. The summed E-state index contributed by atoms with van der Waals surface area (Å²) < 4.78 is 5.95. The number of rotatable bonds is 4. The average Bonchev–Trinajstić information content (AvgIpc) is 2.70. The highest BCUT2D eigenvalue weighted by Gasteiger charge is 2.24. The summed E-state index contributed by atoms with van der Waals surface area (Å²) in [6.45, 7) is 10.1. The van der Waals surface area contributed by atoms with Gasteiger partial charge in [-0.15, -0.1) is 0 Å². The molecular weight excluding hydrogens is 212 g/mol. The summed E-state index contributed by atoms with van der Waals surface area (Å²) >= 11 is 0. The van der Waals surface area contributed by atoms with Crippen molar-refractivity contribution in [2.45, 2.75) is 57.6 Å². The molecule has 2 rings (SSSR count). The van der Waals surface area contributed by atoms with Crippen LogP contribution >= 0.6 is 0 Å². The topological polar surface area (TPSA) is 24.5 Å². The number of nitrogens with zero attached hydrogens (tertiary/aromatic N) is 1. The van der Waals surface area contributed by atoms with Crippen LogP contribution in [0.3, 0.4) is 0 Å². The van der Waals surface area contributed by atoms with Gasteiger partial charge in [-0.2, -0.15) is 0 Å². The number of nitrogens with one attached hydrogen (secondary N) is 1. The second-order valence-electron chi connectivity index (χ2n) is 6.22. The molecule has 17 heavy (non-hydrogen) atoms. The molecule has 0 unspecified atom stereocenters. The SMILES string of the molecule is CC1(C)CN(CCOC2CCCC2)CCCN1. The zero-order valence-electron chi connectivity index (χ0n) is 11.5. The van der Waals surface area contributed by atoms with E-state index in [2.05, 4.69) is 24.1 Å². The highest BCUT2D eigenvalue weighted by atomic mass is 16.5. The quantitative estimate of drug-likeness (QED) is 0.813. The van der Waals surface area contributed by atoms with E-state index < -0.39 is 0 Å². The summed E-state index contributed by atoms with van der Waals surface area (Å²) in [5.41, 5.74) is 0.254. The van der Waals surface area contributed by atoms with E-state index in [1.54, 1.807) is 0 Å². The smallest absolute Gasteiger partial charge is 0.0597 e. The fourth-order valence-electron chi connectivity index (χ4n) is 3.02. The van der Waals surface area contributed by atoms with Gasteiger partial charge in [0.2, 0.25) is 0 Å². The Bertz CT molecular complexity index is 224. The Morgan fingerprint density at radius 2 is 2.00 bits per heavy atom. The van der Waals surface area contributed by atoms with Gasteiger partial charge < -0.3 is 10.1 Å². The molecule has 1 aliphatic carbocycles. The van der Waals surface area contributed by atoms with E-state index >= 15 is 0 Å². The van der Waals surface area contributed by atoms with Gasteiger partial charge in [0.05, 0.1) is 12.7 Å². The van der Waals surface area contributed by atoms with E-state index in [-0.39, 0.29) is 5.54 Å². The van der Waals surface area contributed by atoms with Crippen LogP contribution < -0.4 is 5.32 Å². The molecule has 0 bridgehead atoms. The molecule has 3 nitrogen and oxygen atoms in total.